The normalized spacial score (nSPS) is 15.7. The number of piperidine rings is 2. The molecule has 2 amide bonds. The van der Waals surface area contributed by atoms with Gasteiger partial charge in [0.05, 0.1) is 11.5 Å². The average Bonchev–Trinajstić information content (AvgIpc) is 3.18. The summed E-state index contributed by atoms with van der Waals surface area (Å²) in [5.74, 6) is 1.47. The maximum absolute atomic E-state index is 13.6. The van der Waals surface area contributed by atoms with E-state index in [2.05, 4.69) is 5.32 Å². The molecule has 0 atom stereocenters. The van der Waals surface area contributed by atoms with Gasteiger partial charge in [-0.3, -0.25) is 9.59 Å². The van der Waals surface area contributed by atoms with Crippen LogP contribution >= 0.6 is 0 Å². The monoisotopic (exact) mass is 736 g/mol. The summed E-state index contributed by atoms with van der Waals surface area (Å²) in [5, 5.41) is 8.76. The van der Waals surface area contributed by atoms with Crippen molar-refractivity contribution < 1.29 is 22.7 Å². The van der Waals surface area contributed by atoms with Gasteiger partial charge in [-0.25, -0.2) is 13.6 Å². The number of benzene rings is 4. The third-order valence-corrected chi connectivity index (χ3v) is 11.6. The molecule has 10 heteroatoms. The lowest BCUT2D eigenvalue weighted by atomic mass is 9.87. The molecule has 280 valence electrons. The molecular weight excluding hydrogens is 685 g/mol. The topological polar surface area (TPSA) is 122 Å². The van der Waals surface area contributed by atoms with Gasteiger partial charge in [-0.15, -0.1) is 0 Å². The second-order valence-electron chi connectivity index (χ2n) is 14.6. The van der Waals surface area contributed by atoms with Gasteiger partial charge in [0.15, 0.2) is 0 Å². The highest BCUT2D eigenvalue weighted by Crippen LogP contribution is 2.28. The third kappa shape index (κ3) is 11.3. The van der Waals surface area contributed by atoms with Gasteiger partial charge in [0.25, 0.3) is 5.91 Å². The number of primary sulfonamides is 1. The number of amides is 2. The third-order valence-electron chi connectivity index (χ3n) is 10.6. The Hall–Kier alpha value is -4.35. The molecule has 53 heavy (non-hydrogen) atoms. The first-order valence-electron chi connectivity index (χ1n) is 18.9. The van der Waals surface area contributed by atoms with E-state index in [1.165, 1.54) is 44.2 Å². The summed E-state index contributed by atoms with van der Waals surface area (Å²) < 4.78 is 29.4. The number of likely N-dealkylation sites (tertiary alicyclic amines) is 1. The lowest BCUT2D eigenvalue weighted by Crippen LogP contribution is -2.38. The molecule has 4 aromatic carbocycles. The van der Waals surface area contributed by atoms with E-state index in [1.807, 2.05) is 83.8 Å². The molecule has 2 fully saturated rings. The smallest absolute Gasteiger partial charge is 0.253 e. The van der Waals surface area contributed by atoms with Gasteiger partial charge in [0.2, 0.25) is 15.9 Å². The van der Waals surface area contributed by atoms with E-state index in [9.17, 15) is 18.0 Å². The minimum atomic E-state index is -3.83. The molecule has 0 spiro atoms. The molecule has 3 N–H and O–H groups in total. The molecule has 0 unspecified atom stereocenters. The van der Waals surface area contributed by atoms with Crippen LogP contribution in [-0.4, -0.2) is 62.8 Å². The van der Waals surface area contributed by atoms with Crippen molar-refractivity contribution in [2.45, 2.75) is 69.5 Å². The Morgan fingerprint density at radius 3 is 2.06 bits per heavy atom. The zero-order valence-electron chi connectivity index (χ0n) is 30.5. The molecule has 2 aliphatic rings. The molecule has 6 rings (SSSR count). The van der Waals surface area contributed by atoms with Gasteiger partial charge in [-0.2, -0.15) is 0 Å². The molecule has 4 aromatic rings. The average molecular weight is 737 g/mol. The number of hydrogen-bond donors (Lipinski definition) is 2. The summed E-state index contributed by atoms with van der Waals surface area (Å²) in [5.41, 5.74) is 5.23. The number of hydrogen-bond acceptors (Lipinski definition) is 6. The second-order valence-corrected chi connectivity index (χ2v) is 16.1. The van der Waals surface area contributed by atoms with Crippen LogP contribution in [0.25, 0.3) is 11.1 Å². The van der Waals surface area contributed by atoms with Crippen LogP contribution in [0.5, 0.6) is 0 Å². The number of carbonyl (C=O) groups excluding carboxylic acids is 2. The summed E-state index contributed by atoms with van der Waals surface area (Å²) in [6, 6.07) is 31.8. The minimum absolute atomic E-state index is 0.0153. The predicted octanol–water partition coefficient (Wildman–Crippen LogP) is 6.77. The van der Waals surface area contributed by atoms with Crippen molar-refractivity contribution in [2.75, 3.05) is 32.8 Å². The van der Waals surface area contributed by atoms with E-state index >= 15 is 0 Å². The van der Waals surface area contributed by atoms with E-state index in [-0.39, 0.29) is 29.9 Å². The highest BCUT2D eigenvalue weighted by Gasteiger charge is 2.24. The molecule has 0 radical (unpaired) electrons. The van der Waals surface area contributed by atoms with E-state index in [1.54, 1.807) is 17.0 Å². The van der Waals surface area contributed by atoms with E-state index in [4.69, 9.17) is 9.88 Å². The van der Waals surface area contributed by atoms with Crippen LogP contribution in [0.4, 0.5) is 0 Å². The zero-order valence-corrected chi connectivity index (χ0v) is 31.3. The van der Waals surface area contributed by atoms with Gasteiger partial charge in [-0.1, -0.05) is 92.1 Å². The van der Waals surface area contributed by atoms with Crippen molar-refractivity contribution in [1.82, 2.24) is 15.1 Å². The van der Waals surface area contributed by atoms with Gasteiger partial charge >= 0.3 is 0 Å². The molecule has 0 aliphatic carbocycles. The number of nitrogens with one attached hydrogen (secondary N) is 1. The SMILES string of the molecule is NS(=O)(=O)c1ccc(CN(Cc2cccc(-c3cccc(C(=O)N4CCC(CCCC5CCNCC5)CC4)c3)c2)C(=O)COCc2ccccc2)cc1. The molecule has 0 saturated carbocycles. The molecule has 2 heterocycles. The Morgan fingerprint density at radius 2 is 1.36 bits per heavy atom. The van der Waals surface area contributed by atoms with Crippen molar-refractivity contribution >= 4 is 21.8 Å². The standard InChI is InChI=1S/C43H52N4O5S/c44-53(50,51)41-17-15-35(16-18-41)29-47(42(48)32-52-31-36-7-2-1-3-8-36)30-37-11-5-12-38(27-37)39-13-6-14-40(28-39)43(49)46-25-21-34(22-26-46)10-4-9-33-19-23-45-24-20-33/h1-3,5-8,11-18,27-28,33-34,45H,4,9-10,19-26,29-32H2,(H2,44,50,51). The van der Waals surface area contributed by atoms with Crippen molar-refractivity contribution in [2.24, 2.45) is 17.0 Å². The summed E-state index contributed by atoms with van der Waals surface area (Å²) in [4.78, 5) is 30.9. The summed E-state index contributed by atoms with van der Waals surface area (Å²) in [6.07, 6.45) is 8.66. The van der Waals surface area contributed by atoms with Crippen LogP contribution in [0.3, 0.4) is 0 Å². The van der Waals surface area contributed by atoms with Gasteiger partial charge in [-0.05, 0) is 109 Å². The fraction of sp³-hybridized carbons (Fsp3) is 0.395. The summed E-state index contributed by atoms with van der Waals surface area (Å²) in [7, 11) is -3.83. The Kier molecular flexibility index (Phi) is 13.5. The van der Waals surface area contributed by atoms with Crippen LogP contribution in [0, 0.1) is 11.8 Å². The molecule has 0 bridgehead atoms. The van der Waals surface area contributed by atoms with Crippen molar-refractivity contribution in [3.63, 3.8) is 0 Å². The lowest BCUT2D eigenvalue weighted by molar-refractivity contribution is -0.137. The number of nitrogens with two attached hydrogens (primary N) is 1. The Bertz CT molecular complexity index is 1900. The highest BCUT2D eigenvalue weighted by molar-refractivity contribution is 7.89. The minimum Gasteiger partial charge on any atom is -0.367 e. The Morgan fingerprint density at radius 1 is 0.736 bits per heavy atom. The van der Waals surface area contributed by atoms with Crippen LogP contribution in [0.1, 0.15) is 72.0 Å². The van der Waals surface area contributed by atoms with E-state index in [0.29, 0.717) is 24.6 Å². The second kappa shape index (κ2) is 18.6. The van der Waals surface area contributed by atoms with E-state index < -0.39 is 10.0 Å². The molecule has 2 saturated heterocycles. The summed E-state index contributed by atoms with van der Waals surface area (Å²) in [6.45, 7) is 4.70. The number of ether oxygens (including phenoxy) is 1. The fourth-order valence-electron chi connectivity index (χ4n) is 7.53. The Balaban J connectivity index is 1.09. The van der Waals surface area contributed by atoms with Crippen LogP contribution in [0.15, 0.2) is 108 Å². The molecule has 2 aliphatic heterocycles. The van der Waals surface area contributed by atoms with Crippen molar-refractivity contribution in [3.8, 4) is 11.1 Å². The van der Waals surface area contributed by atoms with Crippen LogP contribution < -0.4 is 10.5 Å². The maximum Gasteiger partial charge on any atom is 0.253 e. The quantitative estimate of drug-likeness (QED) is 0.139. The highest BCUT2D eigenvalue weighted by atomic mass is 32.2. The number of sulfonamides is 1. The number of rotatable bonds is 15. The van der Waals surface area contributed by atoms with Crippen LogP contribution in [-0.2, 0) is 39.3 Å². The maximum atomic E-state index is 13.6. The number of nitrogens with zero attached hydrogens (tertiary/aromatic N) is 2. The first-order chi connectivity index (χ1) is 25.7. The molecule has 0 aromatic heterocycles. The fourth-order valence-corrected chi connectivity index (χ4v) is 8.05. The van der Waals surface area contributed by atoms with Crippen molar-refractivity contribution in [1.29, 1.82) is 0 Å². The predicted molar refractivity (Wildman–Crippen MR) is 208 cm³/mol. The van der Waals surface area contributed by atoms with Gasteiger partial charge in [0.1, 0.15) is 6.61 Å². The van der Waals surface area contributed by atoms with Crippen LogP contribution in [0.2, 0.25) is 0 Å². The zero-order chi connectivity index (χ0) is 37.0. The first-order valence-corrected chi connectivity index (χ1v) is 20.5. The number of carbonyl (C=O) groups is 2. The largest absolute Gasteiger partial charge is 0.367 e. The van der Waals surface area contributed by atoms with E-state index in [0.717, 1.165) is 72.8 Å². The van der Waals surface area contributed by atoms with Gasteiger partial charge < -0.3 is 19.9 Å². The lowest BCUT2D eigenvalue weighted by Gasteiger charge is -2.32. The van der Waals surface area contributed by atoms with Crippen molar-refractivity contribution in [3.05, 3.63) is 125 Å². The molecule has 9 nitrogen and oxygen atoms in total. The summed E-state index contributed by atoms with van der Waals surface area (Å²) >= 11 is 0. The van der Waals surface area contributed by atoms with Gasteiger partial charge in [0, 0.05) is 31.7 Å². The Labute approximate surface area is 314 Å². The first kappa shape index (κ1) is 38.4. The molecular formula is C43H52N4O5S.